The van der Waals surface area contributed by atoms with E-state index in [-0.39, 0.29) is 17.3 Å². The second kappa shape index (κ2) is 7.79. The molecule has 0 radical (unpaired) electrons. The average molecular weight is 394 g/mol. The maximum absolute atomic E-state index is 12.6. The van der Waals surface area contributed by atoms with Gasteiger partial charge >= 0.3 is 5.69 Å². The van der Waals surface area contributed by atoms with Gasteiger partial charge in [-0.3, -0.25) is 18.8 Å². The van der Waals surface area contributed by atoms with E-state index < -0.39 is 0 Å². The fraction of sp³-hybridized carbons (Fsp3) is 0.429. The fourth-order valence-electron chi connectivity index (χ4n) is 3.75. The number of hydrogen-bond acceptors (Lipinski definition) is 6. The van der Waals surface area contributed by atoms with Crippen molar-refractivity contribution in [2.24, 2.45) is 7.05 Å². The third kappa shape index (κ3) is 3.80. The van der Waals surface area contributed by atoms with Crippen LogP contribution >= 0.6 is 0 Å². The van der Waals surface area contributed by atoms with Gasteiger partial charge < -0.3 is 4.90 Å². The van der Waals surface area contributed by atoms with E-state index in [0.29, 0.717) is 5.39 Å². The first kappa shape index (κ1) is 19.3. The predicted molar refractivity (Wildman–Crippen MR) is 113 cm³/mol. The molecule has 3 aromatic rings. The molecule has 0 N–H and O–H groups in total. The lowest BCUT2D eigenvalue weighted by Crippen LogP contribution is -2.46. The largest absolute Gasteiger partial charge is 0.369 e. The molecule has 2 aromatic heterocycles. The van der Waals surface area contributed by atoms with Crippen LogP contribution in [0.1, 0.15) is 25.6 Å². The molecule has 3 heterocycles. The number of nitrogens with zero attached hydrogens (tertiary/aromatic N) is 6. The molecule has 1 saturated heterocycles. The summed E-state index contributed by atoms with van der Waals surface area (Å²) in [4.78, 5) is 37.2. The number of benzene rings is 1. The quantitative estimate of drug-likeness (QED) is 0.666. The summed E-state index contributed by atoms with van der Waals surface area (Å²) in [5, 5.41) is 0.655. The van der Waals surface area contributed by atoms with Crippen molar-refractivity contribution in [3.63, 3.8) is 0 Å². The fourth-order valence-corrected chi connectivity index (χ4v) is 3.75. The van der Waals surface area contributed by atoms with Crippen LogP contribution in [-0.4, -0.2) is 50.2 Å². The minimum atomic E-state index is -0.221. The second-order valence-corrected chi connectivity index (χ2v) is 7.79. The Bertz CT molecular complexity index is 1140. The minimum Gasteiger partial charge on any atom is -0.369 e. The van der Waals surface area contributed by atoms with Gasteiger partial charge in [-0.15, -0.1) is 0 Å². The number of aromatic nitrogens is 4. The number of fused-ring (bicyclic) bond motifs is 1. The van der Waals surface area contributed by atoms with Crippen LogP contribution in [-0.2, 0) is 13.6 Å². The zero-order chi connectivity index (χ0) is 20.5. The Hall–Kier alpha value is -3.00. The second-order valence-electron chi connectivity index (χ2n) is 7.79. The molecular formula is C21H26N6O2. The number of rotatable bonds is 4. The molecule has 0 amide bonds. The van der Waals surface area contributed by atoms with Crippen LogP contribution in [0, 0.1) is 0 Å². The van der Waals surface area contributed by atoms with Crippen LogP contribution in [0.2, 0.25) is 0 Å². The van der Waals surface area contributed by atoms with E-state index in [1.54, 1.807) is 28.7 Å². The van der Waals surface area contributed by atoms with Crippen molar-refractivity contribution in [1.29, 1.82) is 0 Å². The number of hydrogen-bond donors (Lipinski definition) is 0. The summed E-state index contributed by atoms with van der Waals surface area (Å²) >= 11 is 0. The van der Waals surface area contributed by atoms with Gasteiger partial charge in [-0.25, -0.2) is 14.8 Å². The van der Waals surface area contributed by atoms with Crippen molar-refractivity contribution in [3.05, 3.63) is 63.3 Å². The average Bonchev–Trinajstić information content (AvgIpc) is 2.72. The lowest BCUT2D eigenvalue weighted by molar-refractivity contribution is 0.243. The monoisotopic (exact) mass is 394 g/mol. The zero-order valence-corrected chi connectivity index (χ0v) is 17.1. The van der Waals surface area contributed by atoms with E-state index in [2.05, 4.69) is 19.8 Å². The highest BCUT2D eigenvalue weighted by Gasteiger charge is 2.19. The normalized spacial score (nSPS) is 15.4. The maximum Gasteiger partial charge on any atom is 0.347 e. The van der Waals surface area contributed by atoms with Crippen molar-refractivity contribution < 1.29 is 0 Å². The van der Waals surface area contributed by atoms with Gasteiger partial charge in [-0.05, 0) is 38.1 Å². The highest BCUT2D eigenvalue weighted by Crippen LogP contribution is 2.21. The van der Waals surface area contributed by atoms with Crippen LogP contribution in [0.15, 0.2) is 46.4 Å². The summed E-state index contributed by atoms with van der Waals surface area (Å²) < 4.78 is 3.26. The third-order valence-corrected chi connectivity index (χ3v) is 5.62. The van der Waals surface area contributed by atoms with E-state index in [1.165, 1.54) is 0 Å². The molecule has 1 aromatic carbocycles. The Labute approximate surface area is 169 Å². The molecule has 152 valence electrons. The van der Waals surface area contributed by atoms with Gasteiger partial charge in [-0.1, -0.05) is 0 Å². The van der Waals surface area contributed by atoms with E-state index >= 15 is 0 Å². The van der Waals surface area contributed by atoms with Crippen molar-refractivity contribution in [1.82, 2.24) is 24.0 Å². The molecule has 1 fully saturated rings. The SMILES string of the molecule is CC(C)n1cnc2cc(N3CCN(Cc4ccnc(=O)n4C)CC3)ccc2c1=O. The van der Waals surface area contributed by atoms with Crippen LogP contribution in [0.3, 0.4) is 0 Å². The molecule has 29 heavy (non-hydrogen) atoms. The summed E-state index contributed by atoms with van der Waals surface area (Å²) in [5.41, 5.74) is 2.57. The summed E-state index contributed by atoms with van der Waals surface area (Å²) in [6.45, 7) is 8.25. The molecule has 4 rings (SSSR count). The third-order valence-electron chi connectivity index (χ3n) is 5.62. The van der Waals surface area contributed by atoms with Gasteiger partial charge in [0.2, 0.25) is 0 Å². The Balaban J connectivity index is 1.47. The molecular weight excluding hydrogens is 368 g/mol. The van der Waals surface area contributed by atoms with Crippen molar-refractivity contribution in [2.45, 2.75) is 26.4 Å². The van der Waals surface area contributed by atoms with Crippen LogP contribution < -0.4 is 16.1 Å². The molecule has 0 aliphatic carbocycles. The highest BCUT2D eigenvalue weighted by molar-refractivity contribution is 5.81. The zero-order valence-electron chi connectivity index (χ0n) is 17.1. The summed E-state index contributed by atoms with van der Waals surface area (Å²) in [5.74, 6) is 0. The standard InChI is InChI=1S/C21H26N6O2/c1-15(2)27-14-23-19-12-16(4-5-18(19)20(27)28)26-10-8-25(9-11-26)13-17-6-7-22-21(29)24(17)3/h4-7,12,14-15H,8-11,13H2,1-3H3. The van der Waals surface area contributed by atoms with Gasteiger partial charge in [-0.2, -0.15) is 0 Å². The first-order valence-electron chi connectivity index (χ1n) is 9.93. The number of piperazine rings is 1. The maximum atomic E-state index is 12.6. The van der Waals surface area contributed by atoms with Crippen LogP contribution in [0.5, 0.6) is 0 Å². The van der Waals surface area contributed by atoms with Gasteiger partial charge in [0, 0.05) is 63.4 Å². The minimum absolute atomic E-state index is 0.00401. The number of anilines is 1. The van der Waals surface area contributed by atoms with Crippen LogP contribution in [0.4, 0.5) is 5.69 Å². The summed E-state index contributed by atoms with van der Waals surface area (Å²) in [6.07, 6.45) is 3.21. The van der Waals surface area contributed by atoms with Gasteiger partial charge in [0.15, 0.2) is 0 Å². The Morgan fingerprint density at radius 1 is 1.03 bits per heavy atom. The first-order chi connectivity index (χ1) is 13.9. The Morgan fingerprint density at radius 3 is 2.52 bits per heavy atom. The molecule has 8 nitrogen and oxygen atoms in total. The topological polar surface area (TPSA) is 76.3 Å². The molecule has 0 bridgehead atoms. The van der Waals surface area contributed by atoms with Gasteiger partial charge in [0.1, 0.15) is 0 Å². The molecule has 0 saturated carbocycles. The highest BCUT2D eigenvalue weighted by atomic mass is 16.1. The van der Waals surface area contributed by atoms with Crippen molar-refractivity contribution in [3.8, 4) is 0 Å². The Morgan fingerprint density at radius 2 is 1.79 bits per heavy atom. The van der Waals surface area contributed by atoms with E-state index in [4.69, 9.17) is 0 Å². The van der Waals surface area contributed by atoms with Crippen molar-refractivity contribution >= 4 is 16.6 Å². The molecule has 1 aliphatic heterocycles. The van der Waals surface area contributed by atoms with E-state index in [0.717, 1.165) is 49.6 Å². The Kier molecular flexibility index (Phi) is 5.19. The van der Waals surface area contributed by atoms with E-state index in [9.17, 15) is 9.59 Å². The molecule has 0 atom stereocenters. The predicted octanol–water partition coefficient (Wildman–Crippen LogP) is 1.39. The molecule has 0 spiro atoms. The van der Waals surface area contributed by atoms with Crippen molar-refractivity contribution in [2.75, 3.05) is 31.1 Å². The molecule has 1 aliphatic rings. The van der Waals surface area contributed by atoms with Gasteiger partial charge in [0.25, 0.3) is 5.56 Å². The molecule has 8 heteroatoms. The smallest absolute Gasteiger partial charge is 0.347 e. The first-order valence-corrected chi connectivity index (χ1v) is 9.93. The van der Waals surface area contributed by atoms with Gasteiger partial charge in [0.05, 0.1) is 17.2 Å². The van der Waals surface area contributed by atoms with Crippen LogP contribution in [0.25, 0.3) is 10.9 Å². The summed E-state index contributed by atoms with van der Waals surface area (Å²) in [7, 11) is 1.76. The summed E-state index contributed by atoms with van der Waals surface area (Å²) in [6, 6.07) is 7.89. The lowest BCUT2D eigenvalue weighted by atomic mass is 10.2. The van der Waals surface area contributed by atoms with E-state index in [1.807, 2.05) is 38.1 Å². The lowest BCUT2D eigenvalue weighted by Gasteiger charge is -2.36. The molecule has 0 unspecified atom stereocenters.